The lowest BCUT2D eigenvalue weighted by molar-refractivity contribution is 0.594. The summed E-state index contributed by atoms with van der Waals surface area (Å²) in [6.07, 6.45) is 6.10. The molecule has 1 saturated heterocycles. The molecule has 2 heterocycles. The number of nitrogens with one attached hydrogen (secondary N) is 1. The minimum atomic E-state index is 0. The zero-order valence-corrected chi connectivity index (χ0v) is 9.70. The van der Waals surface area contributed by atoms with Gasteiger partial charge >= 0.3 is 0 Å². The van der Waals surface area contributed by atoms with Crippen molar-refractivity contribution in [2.45, 2.75) is 18.9 Å². The number of hydrogen-bond acceptors (Lipinski definition) is 4. The van der Waals surface area contributed by atoms with Crippen LogP contribution in [0.3, 0.4) is 0 Å². The molecule has 1 aliphatic rings. The first-order chi connectivity index (χ1) is 6.86. The number of anilines is 1. The number of hydrogen-bond donors (Lipinski definition) is 1. The van der Waals surface area contributed by atoms with Crippen LogP contribution in [-0.2, 0) is 0 Å². The molecule has 84 valence electrons. The van der Waals surface area contributed by atoms with Gasteiger partial charge in [-0.3, -0.25) is 0 Å². The van der Waals surface area contributed by atoms with Gasteiger partial charge in [0.2, 0.25) is 5.95 Å². The summed E-state index contributed by atoms with van der Waals surface area (Å²) in [5, 5.41) is 3.46. The molecule has 0 radical (unpaired) electrons. The first kappa shape index (κ1) is 12.2. The quantitative estimate of drug-likeness (QED) is 0.841. The highest BCUT2D eigenvalue weighted by molar-refractivity contribution is 5.85. The molecule has 1 aromatic rings. The van der Waals surface area contributed by atoms with Crippen LogP contribution >= 0.6 is 12.4 Å². The van der Waals surface area contributed by atoms with Crippen LogP contribution in [0, 0.1) is 0 Å². The Hall–Kier alpha value is -0.870. The van der Waals surface area contributed by atoms with Crippen molar-refractivity contribution in [2.24, 2.45) is 0 Å². The molecular formula is C10H17ClN4. The van der Waals surface area contributed by atoms with Crippen LogP contribution in [0.1, 0.15) is 12.8 Å². The second-order valence-electron chi connectivity index (χ2n) is 3.72. The lowest BCUT2D eigenvalue weighted by Gasteiger charge is -2.20. The van der Waals surface area contributed by atoms with E-state index in [-0.39, 0.29) is 12.4 Å². The maximum Gasteiger partial charge on any atom is 0.225 e. The second-order valence-corrected chi connectivity index (χ2v) is 3.72. The van der Waals surface area contributed by atoms with Gasteiger partial charge in [-0.2, -0.15) is 0 Å². The first-order valence-corrected chi connectivity index (χ1v) is 5.08. The average molecular weight is 229 g/mol. The summed E-state index contributed by atoms with van der Waals surface area (Å²) in [6.45, 7) is 2.14. The molecule has 1 unspecified atom stereocenters. The molecule has 2 rings (SSSR count). The Morgan fingerprint density at radius 3 is 2.80 bits per heavy atom. The van der Waals surface area contributed by atoms with Crippen LogP contribution in [0.25, 0.3) is 0 Å². The van der Waals surface area contributed by atoms with Gasteiger partial charge in [0, 0.05) is 32.0 Å². The van der Waals surface area contributed by atoms with Crippen LogP contribution in [0.15, 0.2) is 18.5 Å². The first-order valence-electron chi connectivity index (χ1n) is 5.08. The molecule has 0 amide bonds. The van der Waals surface area contributed by atoms with Crippen molar-refractivity contribution in [3.63, 3.8) is 0 Å². The van der Waals surface area contributed by atoms with E-state index in [1.165, 1.54) is 12.8 Å². The third kappa shape index (κ3) is 3.32. The fraction of sp³-hybridized carbons (Fsp3) is 0.600. The summed E-state index contributed by atoms with van der Waals surface area (Å²) >= 11 is 0. The fourth-order valence-corrected chi connectivity index (χ4v) is 1.81. The number of rotatable bonds is 3. The van der Waals surface area contributed by atoms with E-state index in [0.717, 1.165) is 19.0 Å². The minimum absolute atomic E-state index is 0. The van der Waals surface area contributed by atoms with E-state index in [4.69, 9.17) is 0 Å². The molecule has 0 spiro atoms. The van der Waals surface area contributed by atoms with Crippen molar-refractivity contribution in [3.8, 4) is 0 Å². The van der Waals surface area contributed by atoms with Crippen LogP contribution in [0.4, 0.5) is 5.95 Å². The standard InChI is InChI=1S/C10H16N4.ClH/c1-14(8-9-4-2-5-11-9)10-12-6-3-7-13-10;/h3,6-7,9,11H,2,4-5,8H2,1H3;1H. The predicted molar refractivity (Wildman–Crippen MR) is 63.6 cm³/mol. The van der Waals surface area contributed by atoms with E-state index >= 15 is 0 Å². The van der Waals surface area contributed by atoms with Crippen molar-refractivity contribution >= 4 is 18.4 Å². The van der Waals surface area contributed by atoms with Gasteiger partial charge < -0.3 is 10.2 Å². The van der Waals surface area contributed by atoms with Gasteiger partial charge in [0.1, 0.15) is 0 Å². The van der Waals surface area contributed by atoms with Crippen molar-refractivity contribution in [1.82, 2.24) is 15.3 Å². The summed E-state index contributed by atoms with van der Waals surface area (Å²) in [6, 6.07) is 2.44. The Labute approximate surface area is 96.5 Å². The maximum absolute atomic E-state index is 4.21. The molecule has 0 aliphatic carbocycles. The van der Waals surface area contributed by atoms with Crippen molar-refractivity contribution in [2.75, 3.05) is 25.0 Å². The predicted octanol–water partition coefficient (Wildman–Crippen LogP) is 1.09. The highest BCUT2D eigenvalue weighted by Crippen LogP contribution is 2.09. The number of likely N-dealkylation sites (N-methyl/N-ethyl adjacent to an activating group) is 1. The highest BCUT2D eigenvalue weighted by atomic mass is 35.5. The van der Waals surface area contributed by atoms with Gasteiger partial charge in [-0.25, -0.2) is 9.97 Å². The summed E-state index contributed by atoms with van der Waals surface area (Å²) < 4.78 is 0. The molecular weight excluding hydrogens is 212 g/mol. The van der Waals surface area contributed by atoms with Crippen molar-refractivity contribution < 1.29 is 0 Å². The van der Waals surface area contributed by atoms with Crippen LogP contribution in [-0.4, -0.2) is 36.1 Å². The van der Waals surface area contributed by atoms with Gasteiger partial charge in [-0.15, -0.1) is 12.4 Å². The van der Waals surface area contributed by atoms with Crippen LogP contribution in [0.2, 0.25) is 0 Å². The highest BCUT2D eigenvalue weighted by Gasteiger charge is 2.16. The lowest BCUT2D eigenvalue weighted by Crippen LogP contribution is -2.36. The average Bonchev–Trinajstić information content (AvgIpc) is 2.72. The number of aromatic nitrogens is 2. The summed E-state index contributed by atoms with van der Waals surface area (Å²) in [7, 11) is 2.04. The zero-order valence-electron chi connectivity index (χ0n) is 8.89. The smallest absolute Gasteiger partial charge is 0.225 e. The van der Waals surface area contributed by atoms with Crippen LogP contribution in [0.5, 0.6) is 0 Å². The molecule has 1 atom stereocenters. The zero-order chi connectivity index (χ0) is 9.80. The van der Waals surface area contributed by atoms with Gasteiger partial charge in [0.05, 0.1) is 0 Å². The van der Waals surface area contributed by atoms with E-state index in [1.807, 2.05) is 13.1 Å². The molecule has 15 heavy (non-hydrogen) atoms. The van der Waals surface area contributed by atoms with Gasteiger partial charge in [-0.1, -0.05) is 0 Å². The summed E-state index contributed by atoms with van der Waals surface area (Å²) in [4.78, 5) is 10.5. The Morgan fingerprint density at radius 2 is 2.20 bits per heavy atom. The van der Waals surface area contributed by atoms with Gasteiger partial charge in [0.25, 0.3) is 0 Å². The van der Waals surface area contributed by atoms with E-state index in [0.29, 0.717) is 6.04 Å². The summed E-state index contributed by atoms with van der Waals surface area (Å²) in [5.74, 6) is 0.807. The monoisotopic (exact) mass is 228 g/mol. The molecule has 1 aromatic heterocycles. The van der Waals surface area contributed by atoms with E-state index in [9.17, 15) is 0 Å². The Morgan fingerprint density at radius 1 is 1.47 bits per heavy atom. The fourth-order valence-electron chi connectivity index (χ4n) is 1.81. The number of nitrogens with zero attached hydrogens (tertiary/aromatic N) is 3. The van der Waals surface area contributed by atoms with E-state index < -0.39 is 0 Å². The molecule has 0 saturated carbocycles. The van der Waals surface area contributed by atoms with Crippen molar-refractivity contribution in [1.29, 1.82) is 0 Å². The maximum atomic E-state index is 4.21. The third-order valence-corrected chi connectivity index (χ3v) is 2.55. The second kappa shape index (κ2) is 5.88. The lowest BCUT2D eigenvalue weighted by atomic mass is 10.2. The molecule has 1 N–H and O–H groups in total. The molecule has 0 bridgehead atoms. The molecule has 1 fully saturated rings. The van der Waals surface area contributed by atoms with Crippen LogP contribution < -0.4 is 10.2 Å². The third-order valence-electron chi connectivity index (χ3n) is 2.55. The van der Waals surface area contributed by atoms with E-state index in [2.05, 4.69) is 20.2 Å². The number of halogens is 1. The molecule has 4 nitrogen and oxygen atoms in total. The topological polar surface area (TPSA) is 41.0 Å². The van der Waals surface area contributed by atoms with Gasteiger partial charge in [-0.05, 0) is 25.5 Å². The van der Waals surface area contributed by atoms with Crippen molar-refractivity contribution in [3.05, 3.63) is 18.5 Å². The molecule has 5 heteroatoms. The minimum Gasteiger partial charge on any atom is -0.342 e. The molecule has 1 aliphatic heterocycles. The molecule has 0 aromatic carbocycles. The summed E-state index contributed by atoms with van der Waals surface area (Å²) in [5.41, 5.74) is 0. The van der Waals surface area contributed by atoms with Gasteiger partial charge in [0.15, 0.2) is 0 Å². The Kier molecular flexibility index (Phi) is 4.78. The Bertz CT molecular complexity index is 274. The SMILES string of the molecule is CN(CC1CCCN1)c1ncccn1.Cl. The van der Waals surface area contributed by atoms with E-state index in [1.54, 1.807) is 12.4 Å². The Balaban J connectivity index is 0.00000112. The largest absolute Gasteiger partial charge is 0.342 e. The normalized spacial score (nSPS) is 19.7.